The monoisotopic (exact) mass is 332 g/mol. The van der Waals surface area contributed by atoms with E-state index in [9.17, 15) is 9.59 Å². The molecular weight excluding hydrogens is 308 g/mol. The highest BCUT2D eigenvalue weighted by Crippen LogP contribution is 2.46. The molecule has 2 amide bonds. The Bertz CT molecular complexity index is 568. The van der Waals surface area contributed by atoms with Gasteiger partial charge in [-0.25, -0.2) is 0 Å². The molecule has 2 N–H and O–H groups in total. The van der Waals surface area contributed by atoms with E-state index in [2.05, 4.69) is 20.5 Å². The second-order valence-electron chi connectivity index (χ2n) is 6.30. The molecule has 0 spiro atoms. The number of ether oxygens (including phenoxy) is 1. The maximum Gasteiger partial charge on any atom is 0.236 e. The van der Waals surface area contributed by atoms with Gasteiger partial charge < -0.3 is 15.4 Å². The first-order valence-electron chi connectivity index (χ1n) is 8.47. The van der Waals surface area contributed by atoms with Gasteiger partial charge in [0.2, 0.25) is 11.8 Å². The summed E-state index contributed by atoms with van der Waals surface area (Å²) >= 11 is 0. The van der Waals surface area contributed by atoms with Crippen LogP contribution in [0, 0.1) is 5.41 Å². The molecule has 0 radical (unpaired) electrons. The first-order valence-corrected chi connectivity index (χ1v) is 8.47. The number of hydrogen-bond donors (Lipinski definition) is 2. The average Bonchev–Trinajstić information content (AvgIpc) is 3.43. The zero-order valence-electron chi connectivity index (χ0n) is 13.8. The van der Waals surface area contributed by atoms with Gasteiger partial charge in [0.05, 0.1) is 25.5 Å². The van der Waals surface area contributed by atoms with Crippen LogP contribution in [-0.4, -0.2) is 61.1 Å². The fraction of sp³-hybridized carbons (Fsp3) is 0.588. The first kappa shape index (κ1) is 16.9. The number of carbonyl (C=O) groups is 2. The topological polar surface area (TPSA) is 83.6 Å². The zero-order valence-corrected chi connectivity index (χ0v) is 13.8. The van der Waals surface area contributed by atoms with E-state index in [1.165, 1.54) is 0 Å². The van der Waals surface area contributed by atoms with Gasteiger partial charge in [-0.2, -0.15) is 0 Å². The molecule has 7 nitrogen and oxygen atoms in total. The zero-order chi connectivity index (χ0) is 16.8. The Morgan fingerprint density at radius 2 is 1.92 bits per heavy atom. The molecule has 1 saturated heterocycles. The Hall–Kier alpha value is -1.99. The summed E-state index contributed by atoms with van der Waals surface area (Å²) in [6.07, 6.45) is 2.92. The van der Waals surface area contributed by atoms with Crippen molar-refractivity contribution >= 4 is 11.8 Å². The fourth-order valence-electron chi connectivity index (χ4n) is 2.85. The highest BCUT2D eigenvalue weighted by atomic mass is 16.5. The van der Waals surface area contributed by atoms with Gasteiger partial charge in [0, 0.05) is 32.4 Å². The summed E-state index contributed by atoms with van der Waals surface area (Å²) in [6, 6.07) is 5.55. The van der Waals surface area contributed by atoms with Crippen LogP contribution in [0.3, 0.4) is 0 Å². The normalized spacial score (nSPS) is 19.5. The summed E-state index contributed by atoms with van der Waals surface area (Å²) in [5, 5.41) is 5.75. The number of pyridine rings is 1. The Labute approximate surface area is 141 Å². The van der Waals surface area contributed by atoms with Crippen LogP contribution in [0.4, 0.5) is 0 Å². The van der Waals surface area contributed by atoms with Gasteiger partial charge in [0.1, 0.15) is 5.41 Å². The summed E-state index contributed by atoms with van der Waals surface area (Å²) in [5.74, 6) is -0.355. The molecule has 0 atom stereocenters. The SMILES string of the molecule is O=C(NCCN1CCOCC1)C1(C(=O)NCc2ccccn2)CC1. The number of rotatable bonds is 7. The molecule has 2 fully saturated rings. The lowest BCUT2D eigenvalue weighted by Gasteiger charge is -2.26. The number of carbonyl (C=O) groups excluding carboxylic acids is 2. The van der Waals surface area contributed by atoms with E-state index in [-0.39, 0.29) is 11.8 Å². The van der Waals surface area contributed by atoms with E-state index in [0.29, 0.717) is 25.9 Å². The third-order valence-electron chi connectivity index (χ3n) is 4.59. The maximum atomic E-state index is 12.4. The van der Waals surface area contributed by atoms with Crippen LogP contribution in [0.15, 0.2) is 24.4 Å². The van der Waals surface area contributed by atoms with Crippen molar-refractivity contribution in [3.63, 3.8) is 0 Å². The lowest BCUT2D eigenvalue weighted by Crippen LogP contribution is -2.46. The molecular formula is C17H24N4O3. The van der Waals surface area contributed by atoms with Gasteiger partial charge in [0.15, 0.2) is 0 Å². The van der Waals surface area contributed by atoms with Crippen molar-refractivity contribution in [2.75, 3.05) is 39.4 Å². The largest absolute Gasteiger partial charge is 0.379 e. The molecule has 3 rings (SSSR count). The van der Waals surface area contributed by atoms with Crippen LogP contribution < -0.4 is 10.6 Å². The lowest BCUT2D eigenvalue weighted by molar-refractivity contribution is -0.137. The Morgan fingerprint density at radius 1 is 1.17 bits per heavy atom. The lowest BCUT2D eigenvalue weighted by atomic mass is 10.1. The number of nitrogens with one attached hydrogen (secondary N) is 2. The van der Waals surface area contributed by atoms with Gasteiger partial charge in [-0.15, -0.1) is 0 Å². The molecule has 0 aromatic carbocycles. The number of amides is 2. The van der Waals surface area contributed by atoms with E-state index < -0.39 is 5.41 Å². The van der Waals surface area contributed by atoms with Crippen molar-refractivity contribution in [2.45, 2.75) is 19.4 Å². The second-order valence-corrected chi connectivity index (χ2v) is 6.30. The van der Waals surface area contributed by atoms with Crippen molar-refractivity contribution in [3.8, 4) is 0 Å². The third kappa shape index (κ3) is 4.10. The smallest absolute Gasteiger partial charge is 0.236 e. The molecule has 24 heavy (non-hydrogen) atoms. The maximum absolute atomic E-state index is 12.4. The molecule has 130 valence electrons. The molecule has 1 aromatic heterocycles. The molecule has 2 heterocycles. The quantitative estimate of drug-likeness (QED) is 0.683. The third-order valence-corrected chi connectivity index (χ3v) is 4.59. The minimum absolute atomic E-state index is 0.158. The first-order chi connectivity index (χ1) is 11.7. The molecule has 0 unspecified atom stereocenters. The fourth-order valence-corrected chi connectivity index (χ4v) is 2.85. The minimum atomic E-state index is -0.875. The van der Waals surface area contributed by atoms with Crippen molar-refractivity contribution in [1.82, 2.24) is 20.5 Å². The van der Waals surface area contributed by atoms with Crippen LogP contribution in [0.1, 0.15) is 18.5 Å². The summed E-state index contributed by atoms with van der Waals surface area (Å²) in [7, 11) is 0. The predicted molar refractivity (Wildman–Crippen MR) is 88.0 cm³/mol. The summed E-state index contributed by atoms with van der Waals surface area (Å²) in [5.41, 5.74) is -0.0887. The molecule has 1 aromatic rings. The Morgan fingerprint density at radius 3 is 2.58 bits per heavy atom. The number of nitrogens with zero attached hydrogens (tertiary/aromatic N) is 2. The van der Waals surface area contributed by atoms with Gasteiger partial charge in [-0.1, -0.05) is 6.07 Å². The second kappa shape index (κ2) is 7.72. The molecule has 1 aliphatic carbocycles. The molecule has 2 aliphatic rings. The Balaban J connectivity index is 1.42. The number of hydrogen-bond acceptors (Lipinski definition) is 5. The predicted octanol–water partition coefficient (Wildman–Crippen LogP) is -0.0736. The van der Waals surface area contributed by atoms with Crippen LogP contribution in [0.2, 0.25) is 0 Å². The van der Waals surface area contributed by atoms with Crippen molar-refractivity contribution < 1.29 is 14.3 Å². The molecule has 7 heteroatoms. The van der Waals surface area contributed by atoms with Gasteiger partial charge in [0.25, 0.3) is 0 Å². The highest BCUT2D eigenvalue weighted by molar-refractivity contribution is 6.07. The summed E-state index contributed by atoms with van der Waals surface area (Å²) in [6.45, 7) is 4.98. The van der Waals surface area contributed by atoms with E-state index in [1.807, 2.05) is 18.2 Å². The van der Waals surface area contributed by atoms with Crippen LogP contribution in [0.25, 0.3) is 0 Å². The summed E-state index contributed by atoms with van der Waals surface area (Å²) < 4.78 is 5.30. The standard InChI is InChI=1S/C17H24N4O3/c22-15(19-7-8-21-9-11-24-12-10-21)17(4-5-17)16(23)20-13-14-3-1-2-6-18-14/h1-3,6H,4-5,7-13H2,(H,19,22)(H,20,23). The van der Waals surface area contributed by atoms with Crippen molar-refractivity contribution in [2.24, 2.45) is 5.41 Å². The average molecular weight is 332 g/mol. The number of aromatic nitrogens is 1. The van der Waals surface area contributed by atoms with E-state index in [4.69, 9.17) is 4.74 Å². The Kier molecular flexibility index (Phi) is 5.42. The van der Waals surface area contributed by atoms with Gasteiger partial charge >= 0.3 is 0 Å². The van der Waals surface area contributed by atoms with Crippen molar-refractivity contribution in [3.05, 3.63) is 30.1 Å². The van der Waals surface area contributed by atoms with Crippen LogP contribution in [-0.2, 0) is 20.9 Å². The number of morpholine rings is 1. The van der Waals surface area contributed by atoms with Crippen molar-refractivity contribution in [1.29, 1.82) is 0 Å². The van der Waals surface area contributed by atoms with Crippen LogP contribution >= 0.6 is 0 Å². The van der Waals surface area contributed by atoms with Crippen LogP contribution in [0.5, 0.6) is 0 Å². The van der Waals surface area contributed by atoms with Gasteiger partial charge in [-0.3, -0.25) is 19.5 Å². The summed E-state index contributed by atoms with van der Waals surface area (Å²) in [4.78, 5) is 31.2. The van der Waals surface area contributed by atoms with E-state index >= 15 is 0 Å². The highest BCUT2D eigenvalue weighted by Gasteiger charge is 2.56. The van der Waals surface area contributed by atoms with E-state index in [1.54, 1.807) is 6.20 Å². The van der Waals surface area contributed by atoms with Gasteiger partial charge in [-0.05, 0) is 25.0 Å². The minimum Gasteiger partial charge on any atom is -0.379 e. The van der Waals surface area contributed by atoms with E-state index in [0.717, 1.165) is 38.5 Å². The molecule has 0 bridgehead atoms. The molecule has 1 aliphatic heterocycles. The molecule has 1 saturated carbocycles.